The second kappa shape index (κ2) is 12.6. The molecule has 3 aromatic rings. The Kier molecular flexibility index (Phi) is 9.29. The Morgan fingerprint density at radius 2 is 1.06 bits per heavy atom. The average Bonchev–Trinajstić information content (AvgIpc) is 2.82. The molecule has 0 nitrogen and oxygen atoms in total. The molecule has 0 bridgehead atoms. The van der Waals surface area contributed by atoms with Gasteiger partial charge in [0.15, 0.2) is 0 Å². The van der Waals surface area contributed by atoms with E-state index in [2.05, 4.69) is 37.5 Å². The molecule has 0 saturated carbocycles. The van der Waals surface area contributed by atoms with Gasteiger partial charge in [0.05, 0.1) is 5.56 Å². The first-order valence-electron chi connectivity index (χ1n) is 11.8. The number of benzene rings is 3. The molecule has 0 unspecified atom stereocenters. The maximum absolute atomic E-state index is 14.5. The zero-order valence-corrected chi connectivity index (χ0v) is 19.5. The molecule has 0 aromatic heterocycles. The second-order valence-corrected chi connectivity index (χ2v) is 8.27. The van der Waals surface area contributed by atoms with Gasteiger partial charge in [-0.2, -0.15) is 0 Å². The van der Waals surface area contributed by atoms with Crippen molar-refractivity contribution in [1.29, 1.82) is 0 Å². The minimum absolute atomic E-state index is 0.229. The van der Waals surface area contributed by atoms with Crippen LogP contribution in [-0.2, 0) is 12.8 Å². The van der Waals surface area contributed by atoms with Gasteiger partial charge in [0, 0.05) is 16.7 Å². The standard InChI is InChI=1S/C31H30F2/c1-3-5-6-7-9-25-12-16-27(17-13-25)20-21-29-30(32)22-28(23-31(29)33)19-18-26-14-10-24(8-4-2)11-15-26/h10-17,22-23H,3-9H2,1-2H3. The lowest BCUT2D eigenvalue weighted by Gasteiger charge is -2.01. The van der Waals surface area contributed by atoms with Gasteiger partial charge < -0.3 is 0 Å². The molecular formula is C31H30F2. The number of unbranched alkanes of at least 4 members (excludes halogenated alkanes) is 3. The molecule has 3 aromatic carbocycles. The quantitative estimate of drug-likeness (QED) is 0.259. The monoisotopic (exact) mass is 440 g/mol. The first-order chi connectivity index (χ1) is 16.1. The van der Waals surface area contributed by atoms with Crippen LogP contribution in [0, 0.1) is 35.3 Å². The SMILES string of the molecule is CCCCCCc1ccc(C#Cc2c(F)cc(C#Cc3ccc(CCC)cc3)cc2F)cc1. The van der Waals surface area contributed by atoms with E-state index in [1.165, 1.54) is 48.9 Å². The fourth-order valence-corrected chi connectivity index (χ4v) is 3.60. The Morgan fingerprint density at radius 3 is 1.61 bits per heavy atom. The van der Waals surface area contributed by atoms with E-state index >= 15 is 0 Å². The number of rotatable bonds is 7. The predicted octanol–water partition coefficient (Wildman–Crippen LogP) is 7.84. The third-order valence-corrected chi connectivity index (χ3v) is 5.49. The lowest BCUT2D eigenvalue weighted by molar-refractivity contribution is 0.577. The van der Waals surface area contributed by atoms with Crippen LogP contribution in [0.3, 0.4) is 0 Å². The van der Waals surface area contributed by atoms with Crippen molar-refractivity contribution in [2.24, 2.45) is 0 Å². The molecule has 0 aliphatic heterocycles. The number of aryl methyl sites for hydroxylation is 2. The minimum atomic E-state index is -0.697. The smallest absolute Gasteiger partial charge is 0.143 e. The average molecular weight is 441 g/mol. The van der Waals surface area contributed by atoms with Crippen molar-refractivity contribution in [2.75, 3.05) is 0 Å². The summed E-state index contributed by atoms with van der Waals surface area (Å²) in [5.74, 6) is 9.94. The predicted molar refractivity (Wildman–Crippen MR) is 133 cm³/mol. The van der Waals surface area contributed by atoms with Crippen molar-refractivity contribution in [2.45, 2.75) is 58.8 Å². The third kappa shape index (κ3) is 7.62. The van der Waals surface area contributed by atoms with Crippen molar-refractivity contribution in [3.63, 3.8) is 0 Å². The van der Waals surface area contributed by atoms with Crippen LogP contribution in [0.1, 0.15) is 79.3 Å². The summed E-state index contributed by atoms with van der Waals surface area (Å²) in [5.41, 5.74) is 4.13. The maximum atomic E-state index is 14.5. The van der Waals surface area contributed by atoms with E-state index < -0.39 is 11.6 Å². The van der Waals surface area contributed by atoms with Crippen LogP contribution < -0.4 is 0 Å². The molecule has 33 heavy (non-hydrogen) atoms. The van der Waals surface area contributed by atoms with Crippen molar-refractivity contribution in [3.05, 3.63) is 106 Å². The molecule has 0 fully saturated rings. The molecular weight excluding hydrogens is 410 g/mol. The van der Waals surface area contributed by atoms with E-state index in [0.29, 0.717) is 5.56 Å². The number of halogens is 2. The summed E-state index contributed by atoms with van der Waals surface area (Å²) < 4.78 is 29.1. The van der Waals surface area contributed by atoms with Crippen LogP contribution in [0.4, 0.5) is 8.78 Å². The molecule has 3 rings (SSSR count). The lowest BCUT2D eigenvalue weighted by atomic mass is 10.0. The van der Waals surface area contributed by atoms with E-state index in [4.69, 9.17) is 0 Å². The highest BCUT2D eigenvalue weighted by Crippen LogP contribution is 2.15. The Morgan fingerprint density at radius 1 is 0.545 bits per heavy atom. The van der Waals surface area contributed by atoms with E-state index in [1.807, 2.05) is 48.5 Å². The number of hydrogen-bond donors (Lipinski definition) is 0. The summed E-state index contributed by atoms with van der Waals surface area (Å²) in [6.45, 7) is 4.34. The summed E-state index contributed by atoms with van der Waals surface area (Å²) in [6.07, 6.45) is 8.05. The van der Waals surface area contributed by atoms with Crippen LogP contribution in [0.5, 0.6) is 0 Å². The van der Waals surface area contributed by atoms with Gasteiger partial charge >= 0.3 is 0 Å². The van der Waals surface area contributed by atoms with Crippen LogP contribution in [0.15, 0.2) is 60.7 Å². The molecule has 0 atom stereocenters. The first-order valence-corrected chi connectivity index (χ1v) is 11.8. The van der Waals surface area contributed by atoms with Crippen molar-refractivity contribution >= 4 is 0 Å². The van der Waals surface area contributed by atoms with Gasteiger partial charge in [0.2, 0.25) is 0 Å². The molecule has 0 saturated heterocycles. The van der Waals surface area contributed by atoms with Crippen LogP contribution in [-0.4, -0.2) is 0 Å². The lowest BCUT2D eigenvalue weighted by Crippen LogP contribution is -1.93. The van der Waals surface area contributed by atoms with Gasteiger partial charge in [-0.05, 0) is 66.8 Å². The van der Waals surface area contributed by atoms with Gasteiger partial charge in [-0.1, -0.05) is 87.5 Å². The maximum Gasteiger partial charge on any atom is 0.143 e. The zero-order chi connectivity index (χ0) is 23.5. The molecule has 0 aliphatic carbocycles. The summed E-state index contributed by atoms with van der Waals surface area (Å²) in [4.78, 5) is 0. The summed E-state index contributed by atoms with van der Waals surface area (Å²) in [7, 11) is 0. The fraction of sp³-hybridized carbons (Fsp3) is 0.290. The Hall–Kier alpha value is -3.36. The van der Waals surface area contributed by atoms with E-state index in [9.17, 15) is 8.78 Å². The zero-order valence-electron chi connectivity index (χ0n) is 19.5. The third-order valence-electron chi connectivity index (χ3n) is 5.49. The van der Waals surface area contributed by atoms with Crippen LogP contribution in [0.25, 0.3) is 0 Å². The van der Waals surface area contributed by atoms with E-state index in [0.717, 1.165) is 30.4 Å². The molecule has 0 spiro atoms. The molecule has 0 N–H and O–H groups in total. The van der Waals surface area contributed by atoms with Gasteiger partial charge in [0.25, 0.3) is 0 Å². The first kappa shape index (κ1) is 24.3. The Balaban J connectivity index is 1.68. The second-order valence-electron chi connectivity index (χ2n) is 8.27. The summed E-state index contributed by atoms with van der Waals surface area (Å²) in [6, 6.07) is 18.3. The fourth-order valence-electron chi connectivity index (χ4n) is 3.60. The molecule has 0 aliphatic rings. The highest BCUT2D eigenvalue weighted by molar-refractivity contribution is 5.49. The largest absolute Gasteiger partial charge is 0.205 e. The Labute approximate surface area is 197 Å². The van der Waals surface area contributed by atoms with Gasteiger partial charge in [-0.3, -0.25) is 0 Å². The molecule has 168 valence electrons. The highest BCUT2D eigenvalue weighted by Gasteiger charge is 2.08. The molecule has 0 heterocycles. The normalized spacial score (nSPS) is 10.2. The van der Waals surface area contributed by atoms with Crippen molar-refractivity contribution in [3.8, 4) is 23.7 Å². The van der Waals surface area contributed by atoms with Crippen molar-refractivity contribution < 1.29 is 8.78 Å². The Bertz CT molecular complexity index is 1140. The minimum Gasteiger partial charge on any atom is -0.205 e. The summed E-state index contributed by atoms with van der Waals surface area (Å²) >= 11 is 0. The number of hydrogen-bond acceptors (Lipinski definition) is 0. The van der Waals surface area contributed by atoms with Gasteiger partial charge in [-0.25, -0.2) is 8.78 Å². The van der Waals surface area contributed by atoms with Crippen molar-refractivity contribution in [1.82, 2.24) is 0 Å². The molecule has 0 amide bonds. The molecule has 0 radical (unpaired) electrons. The topological polar surface area (TPSA) is 0 Å². The highest BCUT2D eigenvalue weighted by atomic mass is 19.1. The molecule has 2 heteroatoms. The van der Waals surface area contributed by atoms with Crippen LogP contribution >= 0.6 is 0 Å². The van der Waals surface area contributed by atoms with E-state index in [-0.39, 0.29) is 5.56 Å². The van der Waals surface area contributed by atoms with Gasteiger partial charge in [-0.15, -0.1) is 0 Å². The van der Waals surface area contributed by atoms with Gasteiger partial charge in [0.1, 0.15) is 11.6 Å². The van der Waals surface area contributed by atoms with Crippen LogP contribution in [0.2, 0.25) is 0 Å². The van der Waals surface area contributed by atoms with E-state index in [1.54, 1.807) is 0 Å². The summed E-state index contributed by atoms with van der Waals surface area (Å²) in [5, 5.41) is 0.